The van der Waals surface area contributed by atoms with Gasteiger partial charge in [-0.1, -0.05) is 6.42 Å². The minimum atomic E-state index is -0.753. The average molecular weight is 533 g/mol. The van der Waals surface area contributed by atoms with Crippen molar-refractivity contribution in [2.45, 2.75) is 25.8 Å². The van der Waals surface area contributed by atoms with Gasteiger partial charge < -0.3 is 15.8 Å². The molecule has 0 unspecified atom stereocenters. The molecule has 0 aliphatic carbocycles. The molecule has 0 spiro atoms. The van der Waals surface area contributed by atoms with E-state index in [9.17, 15) is 14.0 Å². The molecule has 1 fully saturated rings. The van der Waals surface area contributed by atoms with Crippen LogP contribution in [0.25, 0.3) is 5.69 Å². The first-order chi connectivity index (χ1) is 18.9. The number of benzene rings is 2. The maximum absolute atomic E-state index is 15.0. The Morgan fingerprint density at radius 3 is 2.49 bits per heavy atom. The van der Waals surface area contributed by atoms with E-state index in [-0.39, 0.29) is 17.0 Å². The molecule has 4 aromatic rings. The number of ether oxygens (including phenoxy) is 1. The monoisotopic (exact) mass is 532 g/mol. The van der Waals surface area contributed by atoms with E-state index >= 15 is 4.39 Å². The van der Waals surface area contributed by atoms with Crippen LogP contribution in [0.3, 0.4) is 0 Å². The highest BCUT2D eigenvalue weighted by Gasteiger charge is 2.19. The third-order valence-electron chi connectivity index (χ3n) is 6.45. The van der Waals surface area contributed by atoms with Gasteiger partial charge in [0.15, 0.2) is 11.6 Å². The van der Waals surface area contributed by atoms with Gasteiger partial charge in [0.25, 0.3) is 11.5 Å². The molecule has 0 radical (unpaired) electrons. The second-order valence-corrected chi connectivity index (χ2v) is 9.15. The zero-order valence-electron chi connectivity index (χ0n) is 20.9. The number of hydrogen-bond donors (Lipinski definition) is 2. The molecule has 9 nitrogen and oxygen atoms in total. The predicted octanol–water partition coefficient (Wildman–Crippen LogP) is 4.52. The van der Waals surface area contributed by atoms with Crippen molar-refractivity contribution in [2.75, 3.05) is 24.1 Å². The van der Waals surface area contributed by atoms with E-state index < -0.39 is 23.1 Å². The average Bonchev–Trinajstić information content (AvgIpc) is 2.93. The number of halogens is 2. The van der Waals surface area contributed by atoms with Gasteiger partial charge in [-0.15, -0.1) is 0 Å². The Labute approximate surface area is 222 Å². The van der Waals surface area contributed by atoms with Crippen molar-refractivity contribution in [3.63, 3.8) is 0 Å². The molecular weight excluding hydrogens is 506 g/mol. The van der Waals surface area contributed by atoms with E-state index in [1.165, 1.54) is 61.3 Å². The number of anilines is 2. The summed E-state index contributed by atoms with van der Waals surface area (Å²) in [5, 5.41) is 6.47. The number of piperidine rings is 1. The summed E-state index contributed by atoms with van der Waals surface area (Å²) in [5.74, 6) is -1.27. The molecule has 0 saturated carbocycles. The number of likely N-dealkylation sites (tertiary alicyclic amines) is 1. The molecule has 0 bridgehead atoms. The molecule has 39 heavy (non-hydrogen) atoms. The van der Waals surface area contributed by atoms with Gasteiger partial charge in [-0.25, -0.2) is 13.8 Å². The molecule has 11 heteroatoms. The Balaban J connectivity index is 1.32. The highest BCUT2D eigenvalue weighted by Crippen LogP contribution is 2.32. The minimum absolute atomic E-state index is 0.0546. The first-order valence-electron chi connectivity index (χ1n) is 12.5. The third-order valence-corrected chi connectivity index (χ3v) is 6.45. The summed E-state index contributed by atoms with van der Waals surface area (Å²) in [6, 6.07) is 11.9. The number of hydrogen-bond acceptors (Lipinski definition) is 7. The number of nitrogen functional groups attached to an aromatic ring is 1. The largest absolute Gasteiger partial charge is 0.454 e. The van der Waals surface area contributed by atoms with Crippen LogP contribution < -0.4 is 21.3 Å². The quantitative estimate of drug-likeness (QED) is 0.360. The Morgan fingerprint density at radius 1 is 0.974 bits per heavy atom. The van der Waals surface area contributed by atoms with Gasteiger partial charge in [0.2, 0.25) is 0 Å². The van der Waals surface area contributed by atoms with Crippen molar-refractivity contribution in [3.05, 3.63) is 100 Å². The van der Waals surface area contributed by atoms with Crippen LogP contribution in [0.4, 0.5) is 20.3 Å². The van der Waals surface area contributed by atoms with Crippen LogP contribution in [0.5, 0.6) is 11.5 Å². The van der Waals surface area contributed by atoms with Gasteiger partial charge in [0.1, 0.15) is 22.9 Å². The standard InChI is InChI=1S/C28H26F2N6O3/c29-18-4-7-20(8-5-18)36-28(38)21(10-13-33-36)27(37)34-19-6-9-25(23(30)16-19)39-24-11-12-32-26(31)22(24)17-35-14-2-1-3-15-35/h4-13,16H,1-3,14-15,17H2,(H2,31,32)(H,34,37). The normalized spacial score (nSPS) is 13.7. The molecule has 1 saturated heterocycles. The number of amides is 1. The summed E-state index contributed by atoms with van der Waals surface area (Å²) < 4.78 is 35.1. The number of carbonyl (C=O) groups excluding carboxylic acids is 1. The minimum Gasteiger partial charge on any atom is -0.454 e. The van der Waals surface area contributed by atoms with Crippen LogP contribution in [-0.2, 0) is 6.54 Å². The van der Waals surface area contributed by atoms with Crippen molar-refractivity contribution in [1.82, 2.24) is 19.7 Å². The van der Waals surface area contributed by atoms with E-state index in [1.807, 2.05) is 0 Å². The fourth-order valence-electron chi connectivity index (χ4n) is 4.42. The molecule has 5 rings (SSSR count). The lowest BCUT2D eigenvalue weighted by molar-refractivity contribution is 0.102. The number of rotatable bonds is 7. The fraction of sp³-hybridized carbons (Fsp3) is 0.214. The highest BCUT2D eigenvalue weighted by molar-refractivity contribution is 6.04. The van der Waals surface area contributed by atoms with Gasteiger partial charge in [0.05, 0.1) is 11.3 Å². The zero-order chi connectivity index (χ0) is 27.4. The van der Waals surface area contributed by atoms with Crippen LogP contribution in [0, 0.1) is 11.6 Å². The number of aromatic nitrogens is 3. The Hall–Kier alpha value is -4.64. The van der Waals surface area contributed by atoms with Crippen molar-refractivity contribution in [2.24, 2.45) is 0 Å². The molecule has 0 atom stereocenters. The number of nitrogens with one attached hydrogen (secondary N) is 1. The molecule has 200 valence electrons. The molecule has 1 aliphatic rings. The Kier molecular flexibility index (Phi) is 7.60. The van der Waals surface area contributed by atoms with Crippen molar-refractivity contribution in [1.29, 1.82) is 0 Å². The Morgan fingerprint density at radius 2 is 1.74 bits per heavy atom. The lowest BCUT2D eigenvalue weighted by Crippen LogP contribution is -2.29. The summed E-state index contributed by atoms with van der Waals surface area (Å²) in [6.45, 7) is 2.44. The summed E-state index contributed by atoms with van der Waals surface area (Å²) in [4.78, 5) is 32.1. The lowest BCUT2D eigenvalue weighted by atomic mass is 10.1. The van der Waals surface area contributed by atoms with E-state index in [0.29, 0.717) is 29.4 Å². The summed E-state index contributed by atoms with van der Waals surface area (Å²) >= 11 is 0. The SMILES string of the molecule is Nc1nccc(Oc2ccc(NC(=O)c3ccnn(-c4ccc(F)cc4)c3=O)cc2F)c1CN1CCCCC1. The lowest BCUT2D eigenvalue weighted by Gasteiger charge is -2.27. The molecule has 3 N–H and O–H groups in total. The van der Waals surface area contributed by atoms with Crippen LogP contribution >= 0.6 is 0 Å². The van der Waals surface area contributed by atoms with Crippen molar-refractivity contribution in [3.8, 4) is 17.2 Å². The van der Waals surface area contributed by atoms with Crippen molar-refractivity contribution >= 4 is 17.4 Å². The summed E-state index contributed by atoms with van der Waals surface area (Å²) in [5.41, 5.74) is 6.30. The van der Waals surface area contributed by atoms with Crippen LogP contribution in [0.1, 0.15) is 35.2 Å². The molecule has 2 aromatic carbocycles. The third kappa shape index (κ3) is 5.93. The van der Waals surface area contributed by atoms with Gasteiger partial charge in [-0.2, -0.15) is 9.78 Å². The molecule has 3 heterocycles. The first kappa shape index (κ1) is 26.0. The van der Waals surface area contributed by atoms with E-state index in [1.54, 1.807) is 6.07 Å². The van der Waals surface area contributed by atoms with E-state index in [0.717, 1.165) is 36.7 Å². The number of pyridine rings is 1. The van der Waals surface area contributed by atoms with E-state index in [2.05, 4.69) is 20.3 Å². The van der Waals surface area contributed by atoms with Gasteiger partial charge >= 0.3 is 0 Å². The molecule has 2 aromatic heterocycles. The molecule has 1 aliphatic heterocycles. The molecule has 1 amide bonds. The smallest absolute Gasteiger partial charge is 0.284 e. The van der Waals surface area contributed by atoms with Gasteiger partial charge in [0, 0.05) is 30.7 Å². The summed E-state index contributed by atoms with van der Waals surface area (Å²) in [6.07, 6.45) is 6.20. The van der Waals surface area contributed by atoms with Gasteiger partial charge in [-0.05, 0) is 74.5 Å². The van der Waals surface area contributed by atoms with E-state index in [4.69, 9.17) is 10.5 Å². The molecular formula is C28H26F2N6O3. The van der Waals surface area contributed by atoms with Crippen LogP contribution in [0.15, 0.2) is 71.8 Å². The van der Waals surface area contributed by atoms with Crippen LogP contribution in [-0.4, -0.2) is 38.7 Å². The predicted molar refractivity (Wildman–Crippen MR) is 142 cm³/mol. The van der Waals surface area contributed by atoms with Crippen LogP contribution in [0.2, 0.25) is 0 Å². The first-order valence-corrected chi connectivity index (χ1v) is 12.5. The second-order valence-electron chi connectivity index (χ2n) is 9.15. The highest BCUT2D eigenvalue weighted by atomic mass is 19.1. The van der Waals surface area contributed by atoms with Gasteiger partial charge in [-0.3, -0.25) is 14.5 Å². The number of nitrogens with zero attached hydrogens (tertiary/aromatic N) is 4. The topological polar surface area (TPSA) is 115 Å². The second kappa shape index (κ2) is 11.4. The fourth-order valence-corrected chi connectivity index (χ4v) is 4.42. The number of carbonyl (C=O) groups is 1. The van der Waals surface area contributed by atoms with Crippen molar-refractivity contribution < 1.29 is 18.3 Å². The summed E-state index contributed by atoms with van der Waals surface area (Å²) in [7, 11) is 0. The Bertz CT molecular complexity index is 1550. The zero-order valence-corrected chi connectivity index (χ0v) is 20.9. The number of nitrogens with two attached hydrogens (primary N) is 1. The maximum Gasteiger partial charge on any atom is 0.284 e. The maximum atomic E-state index is 15.0.